The predicted molar refractivity (Wildman–Crippen MR) is 93.1 cm³/mol. The van der Waals surface area contributed by atoms with E-state index in [4.69, 9.17) is 18.9 Å². The summed E-state index contributed by atoms with van der Waals surface area (Å²) in [5, 5.41) is 11.8. The maximum absolute atomic E-state index is 11.9. The van der Waals surface area contributed by atoms with E-state index >= 15 is 0 Å². The van der Waals surface area contributed by atoms with Gasteiger partial charge in [0.1, 0.15) is 17.4 Å². The second kappa shape index (κ2) is 8.16. The Morgan fingerprint density at radius 2 is 1.85 bits per heavy atom. The first kappa shape index (κ1) is 19.7. The number of benzene rings is 1. The molecule has 2 N–H and O–H groups in total. The maximum Gasteiger partial charge on any atom is 0.408 e. The van der Waals surface area contributed by atoms with E-state index in [0.717, 1.165) is 6.42 Å². The predicted octanol–water partition coefficient (Wildman–Crippen LogP) is 2.38. The number of rotatable bonds is 5. The molecule has 1 aliphatic heterocycles. The second-order valence-corrected chi connectivity index (χ2v) is 6.90. The summed E-state index contributed by atoms with van der Waals surface area (Å²) in [4.78, 5) is 23.5. The molecule has 0 saturated heterocycles. The zero-order chi connectivity index (χ0) is 19.3. The monoisotopic (exact) mass is 367 g/mol. The van der Waals surface area contributed by atoms with Gasteiger partial charge in [-0.2, -0.15) is 0 Å². The van der Waals surface area contributed by atoms with Crippen molar-refractivity contribution in [2.45, 2.75) is 45.3 Å². The Hall–Kier alpha value is -2.64. The topological polar surface area (TPSA) is 103 Å². The molecule has 2 rings (SSSR count). The lowest BCUT2D eigenvalue weighted by Gasteiger charge is -2.22. The van der Waals surface area contributed by atoms with Gasteiger partial charge >= 0.3 is 12.1 Å². The highest BCUT2D eigenvalue weighted by molar-refractivity contribution is 5.80. The van der Waals surface area contributed by atoms with Gasteiger partial charge in [0.2, 0.25) is 0 Å². The van der Waals surface area contributed by atoms with Crippen molar-refractivity contribution in [1.82, 2.24) is 5.32 Å². The van der Waals surface area contributed by atoms with E-state index in [0.29, 0.717) is 36.0 Å². The summed E-state index contributed by atoms with van der Waals surface area (Å²) >= 11 is 0. The third-order valence-electron chi connectivity index (χ3n) is 3.56. The van der Waals surface area contributed by atoms with Gasteiger partial charge in [-0.05, 0) is 26.8 Å². The molecule has 0 aromatic heterocycles. The molecule has 1 aromatic rings. The van der Waals surface area contributed by atoms with Crippen LogP contribution in [-0.2, 0) is 16.0 Å². The number of alkyl carbamates (subject to hydrolysis) is 1. The Balaban J connectivity index is 2.21. The number of nitrogens with one attached hydrogen (secondary N) is 1. The Bertz CT molecular complexity index is 666. The first-order valence-electron chi connectivity index (χ1n) is 8.38. The van der Waals surface area contributed by atoms with Gasteiger partial charge in [-0.15, -0.1) is 0 Å². The van der Waals surface area contributed by atoms with Crippen molar-refractivity contribution < 1.29 is 33.6 Å². The van der Waals surface area contributed by atoms with Crippen LogP contribution in [-0.4, -0.2) is 49.1 Å². The van der Waals surface area contributed by atoms with Crippen molar-refractivity contribution in [3.63, 3.8) is 0 Å². The molecule has 1 amide bonds. The van der Waals surface area contributed by atoms with Crippen molar-refractivity contribution in [3.8, 4) is 17.2 Å². The van der Waals surface area contributed by atoms with Crippen LogP contribution >= 0.6 is 0 Å². The Morgan fingerprint density at radius 3 is 2.38 bits per heavy atom. The lowest BCUT2D eigenvalue weighted by atomic mass is 10.0. The summed E-state index contributed by atoms with van der Waals surface area (Å²) in [5.41, 5.74) is -0.139. The van der Waals surface area contributed by atoms with Crippen LogP contribution in [0.3, 0.4) is 0 Å². The highest BCUT2D eigenvalue weighted by Gasteiger charge is 2.26. The fraction of sp³-hybridized carbons (Fsp3) is 0.556. The third-order valence-corrected chi connectivity index (χ3v) is 3.56. The van der Waals surface area contributed by atoms with E-state index < -0.39 is 23.7 Å². The summed E-state index contributed by atoms with van der Waals surface area (Å²) in [6, 6.07) is 2.18. The molecular weight excluding hydrogens is 342 g/mol. The highest BCUT2D eigenvalue weighted by atomic mass is 16.6. The number of hydrogen-bond acceptors (Lipinski definition) is 6. The Morgan fingerprint density at radius 1 is 1.23 bits per heavy atom. The number of hydrogen-bond donors (Lipinski definition) is 2. The summed E-state index contributed by atoms with van der Waals surface area (Å²) in [6.07, 6.45) is -0.0308. The number of methoxy groups -OCH3 is 1. The molecule has 1 heterocycles. The molecular formula is C18H25NO7. The highest BCUT2D eigenvalue weighted by Crippen LogP contribution is 2.37. The van der Waals surface area contributed by atoms with Crippen molar-refractivity contribution in [2.75, 3.05) is 20.3 Å². The molecule has 0 aliphatic carbocycles. The van der Waals surface area contributed by atoms with E-state index in [1.807, 2.05) is 0 Å². The Labute approximate surface area is 152 Å². The van der Waals surface area contributed by atoms with Crippen molar-refractivity contribution >= 4 is 12.1 Å². The minimum atomic E-state index is -1.18. The molecule has 1 aromatic carbocycles. The number of ether oxygens (including phenoxy) is 4. The normalized spacial score (nSPS) is 14.8. The van der Waals surface area contributed by atoms with Crippen LogP contribution in [0, 0.1) is 0 Å². The van der Waals surface area contributed by atoms with Crippen molar-refractivity contribution in [1.29, 1.82) is 0 Å². The minimum Gasteiger partial charge on any atom is -0.496 e. The zero-order valence-corrected chi connectivity index (χ0v) is 15.5. The van der Waals surface area contributed by atoms with Gasteiger partial charge in [0, 0.05) is 24.5 Å². The summed E-state index contributed by atoms with van der Waals surface area (Å²) in [6.45, 7) is 6.16. The van der Waals surface area contributed by atoms with Gasteiger partial charge in [-0.3, -0.25) is 0 Å². The fourth-order valence-electron chi connectivity index (χ4n) is 2.45. The Kier molecular flexibility index (Phi) is 6.18. The number of aliphatic carboxylic acids is 1. The van der Waals surface area contributed by atoms with Crippen LogP contribution in [0.1, 0.15) is 32.8 Å². The van der Waals surface area contributed by atoms with Gasteiger partial charge in [0.15, 0.2) is 11.5 Å². The van der Waals surface area contributed by atoms with Crippen molar-refractivity contribution in [2.24, 2.45) is 0 Å². The molecule has 8 heteroatoms. The molecule has 144 valence electrons. The molecule has 26 heavy (non-hydrogen) atoms. The van der Waals surface area contributed by atoms with E-state index in [9.17, 15) is 14.7 Å². The van der Waals surface area contributed by atoms with Gasteiger partial charge in [-0.1, -0.05) is 0 Å². The van der Waals surface area contributed by atoms with Gasteiger partial charge < -0.3 is 29.4 Å². The molecule has 0 saturated carbocycles. The fourth-order valence-corrected chi connectivity index (χ4v) is 2.45. The largest absolute Gasteiger partial charge is 0.496 e. The molecule has 0 radical (unpaired) electrons. The molecule has 0 spiro atoms. The summed E-state index contributed by atoms with van der Waals surface area (Å²) in [5.74, 6) is 0.367. The standard InChI is InChI=1S/C18H25NO7/c1-18(2,3)26-17(22)19-12(16(20)21)8-11-9-14-15(10-13(11)23-4)25-7-5-6-24-14/h9-10,12H,5-8H2,1-4H3,(H,19,22)(H,20,21). The van der Waals surface area contributed by atoms with Crippen LogP contribution in [0.15, 0.2) is 12.1 Å². The number of carbonyl (C=O) groups is 2. The number of carbonyl (C=O) groups excluding carboxylic acids is 1. The van der Waals surface area contributed by atoms with E-state index in [-0.39, 0.29) is 6.42 Å². The molecule has 0 bridgehead atoms. The smallest absolute Gasteiger partial charge is 0.408 e. The summed E-state index contributed by atoms with van der Waals surface area (Å²) in [7, 11) is 1.49. The van der Waals surface area contributed by atoms with Crippen LogP contribution in [0.5, 0.6) is 17.2 Å². The first-order valence-corrected chi connectivity index (χ1v) is 8.38. The molecule has 0 fully saturated rings. The van der Waals surface area contributed by atoms with Gasteiger partial charge in [0.25, 0.3) is 0 Å². The minimum absolute atomic E-state index is 0.00832. The first-order chi connectivity index (χ1) is 12.2. The van der Waals surface area contributed by atoms with Crippen LogP contribution < -0.4 is 19.5 Å². The number of carboxylic acid groups (broad SMARTS) is 1. The lowest BCUT2D eigenvalue weighted by molar-refractivity contribution is -0.139. The SMILES string of the molecule is COc1cc2c(cc1CC(NC(=O)OC(C)(C)C)C(=O)O)OCCCO2. The van der Waals surface area contributed by atoms with Gasteiger partial charge in [0.05, 0.1) is 20.3 Å². The maximum atomic E-state index is 11.9. The summed E-state index contributed by atoms with van der Waals surface area (Å²) < 4.78 is 21.7. The van der Waals surface area contributed by atoms with E-state index in [1.165, 1.54) is 7.11 Å². The number of amides is 1. The zero-order valence-electron chi connectivity index (χ0n) is 15.5. The van der Waals surface area contributed by atoms with Crippen LogP contribution in [0.4, 0.5) is 4.79 Å². The van der Waals surface area contributed by atoms with E-state index in [2.05, 4.69) is 5.32 Å². The molecule has 1 unspecified atom stereocenters. The number of carboxylic acids is 1. The van der Waals surface area contributed by atoms with Crippen LogP contribution in [0.2, 0.25) is 0 Å². The lowest BCUT2D eigenvalue weighted by Crippen LogP contribution is -2.44. The van der Waals surface area contributed by atoms with Crippen LogP contribution in [0.25, 0.3) is 0 Å². The molecule has 8 nitrogen and oxygen atoms in total. The number of fused-ring (bicyclic) bond motifs is 1. The van der Waals surface area contributed by atoms with Crippen molar-refractivity contribution in [3.05, 3.63) is 17.7 Å². The quantitative estimate of drug-likeness (QED) is 0.823. The van der Waals surface area contributed by atoms with E-state index in [1.54, 1.807) is 32.9 Å². The molecule has 1 atom stereocenters. The average molecular weight is 367 g/mol. The average Bonchev–Trinajstić information content (AvgIpc) is 2.76. The van der Waals surface area contributed by atoms with Gasteiger partial charge in [-0.25, -0.2) is 9.59 Å². The second-order valence-electron chi connectivity index (χ2n) is 6.90. The third kappa shape index (κ3) is 5.44. The molecule has 1 aliphatic rings.